The number of anilines is 2. The minimum Gasteiger partial charge on any atom is -0.441 e. The van der Waals surface area contributed by atoms with Gasteiger partial charge < -0.3 is 10.1 Å². The first-order valence-corrected chi connectivity index (χ1v) is 10.1. The molecule has 3 heterocycles. The van der Waals surface area contributed by atoms with E-state index in [1.165, 1.54) is 17.1 Å². The van der Waals surface area contributed by atoms with Crippen molar-refractivity contribution in [2.45, 2.75) is 31.5 Å². The Hall–Kier alpha value is -3.60. The minimum atomic E-state index is -1.78. The third kappa shape index (κ3) is 4.52. The number of pyridine rings is 2. The number of rotatable bonds is 6. The van der Waals surface area contributed by atoms with Crippen LogP contribution in [0.25, 0.3) is 11.4 Å². The van der Waals surface area contributed by atoms with Crippen molar-refractivity contribution in [1.29, 1.82) is 0 Å². The second kappa shape index (κ2) is 8.50. The summed E-state index contributed by atoms with van der Waals surface area (Å²) in [4.78, 5) is 32.5. The highest BCUT2D eigenvalue weighted by molar-refractivity contribution is 6.30. The van der Waals surface area contributed by atoms with Gasteiger partial charge in [-0.15, -0.1) is 5.10 Å². The van der Waals surface area contributed by atoms with Crippen LogP contribution in [0.1, 0.15) is 31.4 Å². The summed E-state index contributed by atoms with van der Waals surface area (Å²) in [7, 11) is 1.60. The SMILES string of the molecule is C[C@@H](OC(=O)Nc1c(-c2ccc(NC(=O)C3(F)CC3)cn2)nnn1C)c1cccnc1Cl. The van der Waals surface area contributed by atoms with Crippen molar-refractivity contribution < 1.29 is 18.7 Å². The van der Waals surface area contributed by atoms with Crippen LogP contribution in [0, 0.1) is 0 Å². The van der Waals surface area contributed by atoms with Gasteiger partial charge in [0.2, 0.25) is 0 Å². The number of nitrogens with zero attached hydrogens (tertiary/aromatic N) is 5. The van der Waals surface area contributed by atoms with Crippen molar-refractivity contribution in [3.05, 3.63) is 47.4 Å². The largest absolute Gasteiger partial charge is 0.441 e. The second-order valence-electron chi connectivity index (χ2n) is 7.32. The van der Waals surface area contributed by atoms with Gasteiger partial charge in [0.25, 0.3) is 5.91 Å². The number of aryl methyl sites for hydroxylation is 1. The number of alkyl halides is 1. The van der Waals surface area contributed by atoms with Crippen LogP contribution in [0.2, 0.25) is 5.15 Å². The van der Waals surface area contributed by atoms with E-state index >= 15 is 0 Å². The van der Waals surface area contributed by atoms with Gasteiger partial charge in [-0.05, 0) is 38.0 Å². The first kappa shape index (κ1) is 21.6. The van der Waals surface area contributed by atoms with E-state index < -0.39 is 23.8 Å². The van der Waals surface area contributed by atoms with Gasteiger partial charge in [0.1, 0.15) is 11.3 Å². The molecule has 2 amide bonds. The molecule has 0 aliphatic heterocycles. The standard InChI is InChI=1S/C20H19ClFN7O3/c1-11(13-4-3-9-23-16(13)21)32-19(31)26-17-15(27-28-29(17)2)14-6-5-12(10-24-14)25-18(30)20(22)7-8-20/h3-6,9-11H,7-8H2,1-2H3,(H,25,30)(H,26,31)/t11-/m1/s1. The van der Waals surface area contributed by atoms with E-state index in [-0.39, 0.29) is 23.8 Å². The lowest BCUT2D eigenvalue weighted by Crippen LogP contribution is -2.25. The quantitative estimate of drug-likeness (QED) is 0.539. The van der Waals surface area contributed by atoms with Gasteiger partial charge >= 0.3 is 6.09 Å². The molecule has 0 aromatic carbocycles. The molecule has 1 saturated carbocycles. The summed E-state index contributed by atoms with van der Waals surface area (Å²) in [5.74, 6) is -0.427. The Kier molecular flexibility index (Phi) is 5.74. The minimum absolute atomic E-state index is 0.223. The molecule has 1 fully saturated rings. The van der Waals surface area contributed by atoms with Gasteiger partial charge in [-0.1, -0.05) is 22.9 Å². The zero-order valence-electron chi connectivity index (χ0n) is 17.2. The third-order valence-electron chi connectivity index (χ3n) is 4.92. The summed E-state index contributed by atoms with van der Waals surface area (Å²) in [6.45, 7) is 1.67. The van der Waals surface area contributed by atoms with Crippen LogP contribution in [0.15, 0.2) is 36.7 Å². The maximum absolute atomic E-state index is 13.8. The number of carbonyl (C=O) groups is 2. The highest BCUT2D eigenvalue weighted by atomic mass is 35.5. The molecule has 0 bridgehead atoms. The molecule has 1 aliphatic carbocycles. The van der Waals surface area contributed by atoms with Crippen molar-refractivity contribution in [2.24, 2.45) is 7.05 Å². The molecular formula is C20H19ClFN7O3. The van der Waals surface area contributed by atoms with Gasteiger partial charge in [0.15, 0.2) is 17.2 Å². The molecule has 3 aromatic rings. The summed E-state index contributed by atoms with van der Waals surface area (Å²) in [5, 5.41) is 13.3. The van der Waals surface area contributed by atoms with Gasteiger partial charge in [-0.2, -0.15) is 0 Å². The molecular weight excluding hydrogens is 441 g/mol. The van der Waals surface area contributed by atoms with E-state index in [0.717, 1.165) is 0 Å². The topological polar surface area (TPSA) is 124 Å². The molecule has 0 radical (unpaired) electrons. The number of hydrogen-bond donors (Lipinski definition) is 2. The lowest BCUT2D eigenvalue weighted by Gasteiger charge is -2.15. The van der Waals surface area contributed by atoms with Gasteiger partial charge in [0.05, 0.1) is 17.6 Å². The third-order valence-corrected chi connectivity index (χ3v) is 5.23. The Bertz CT molecular complexity index is 1160. The highest BCUT2D eigenvalue weighted by Gasteiger charge is 2.50. The number of halogens is 2. The van der Waals surface area contributed by atoms with Crippen molar-refractivity contribution in [2.75, 3.05) is 10.6 Å². The van der Waals surface area contributed by atoms with Crippen LogP contribution in [0.5, 0.6) is 0 Å². The molecule has 0 saturated heterocycles. The Morgan fingerprint density at radius 1 is 1.25 bits per heavy atom. The van der Waals surface area contributed by atoms with Crippen LogP contribution >= 0.6 is 11.6 Å². The maximum Gasteiger partial charge on any atom is 0.413 e. The Morgan fingerprint density at radius 3 is 2.69 bits per heavy atom. The molecule has 166 valence electrons. The van der Waals surface area contributed by atoms with E-state index in [9.17, 15) is 14.0 Å². The number of ether oxygens (including phenoxy) is 1. The van der Waals surface area contributed by atoms with E-state index in [4.69, 9.17) is 16.3 Å². The smallest absolute Gasteiger partial charge is 0.413 e. The lowest BCUT2D eigenvalue weighted by molar-refractivity contribution is -0.122. The molecule has 4 rings (SSSR count). The van der Waals surface area contributed by atoms with Crippen molar-refractivity contribution in [1.82, 2.24) is 25.0 Å². The van der Waals surface area contributed by atoms with Crippen molar-refractivity contribution >= 4 is 35.1 Å². The second-order valence-corrected chi connectivity index (χ2v) is 7.68. The molecule has 3 aromatic heterocycles. The van der Waals surface area contributed by atoms with E-state index in [1.807, 2.05) is 0 Å². The average Bonchev–Trinajstić information content (AvgIpc) is 3.43. The Labute approximate surface area is 187 Å². The van der Waals surface area contributed by atoms with Crippen LogP contribution in [0.4, 0.5) is 20.7 Å². The molecule has 32 heavy (non-hydrogen) atoms. The first-order chi connectivity index (χ1) is 15.3. The number of carbonyl (C=O) groups excluding carboxylic acids is 2. The number of nitrogens with one attached hydrogen (secondary N) is 2. The summed E-state index contributed by atoms with van der Waals surface area (Å²) in [5.41, 5.74) is -0.191. The number of hydrogen-bond acceptors (Lipinski definition) is 7. The van der Waals surface area contributed by atoms with E-state index in [2.05, 4.69) is 30.9 Å². The van der Waals surface area contributed by atoms with Crippen LogP contribution in [-0.4, -0.2) is 42.6 Å². The zero-order chi connectivity index (χ0) is 22.9. The fraction of sp³-hybridized carbons (Fsp3) is 0.300. The number of aromatic nitrogens is 5. The summed E-state index contributed by atoms with van der Waals surface area (Å²) in [6, 6.07) is 6.54. The molecule has 10 nitrogen and oxygen atoms in total. The molecule has 0 spiro atoms. The predicted octanol–water partition coefficient (Wildman–Crippen LogP) is 3.68. The van der Waals surface area contributed by atoms with Gasteiger partial charge in [0, 0.05) is 18.8 Å². The Balaban J connectivity index is 1.45. The fourth-order valence-corrected chi connectivity index (χ4v) is 3.18. The normalized spacial score (nSPS) is 15.0. The van der Waals surface area contributed by atoms with E-state index in [0.29, 0.717) is 22.6 Å². The van der Waals surface area contributed by atoms with Gasteiger partial charge in [-0.25, -0.2) is 18.9 Å². The summed E-state index contributed by atoms with van der Waals surface area (Å²) >= 11 is 6.05. The molecule has 1 aliphatic rings. The predicted molar refractivity (Wildman–Crippen MR) is 114 cm³/mol. The van der Waals surface area contributed by atoms with Gasteiger partial charge in [-0.3, -0.25) is 15.1 Å². The Morgan fingerprint density at radius 2 is 2.03 bits per heavy atom. The van der Waals surface area contributed by atoms with Crippen LogP contribution in [-0.2, 0) is 16.6 Å². The molecule has 12 heteroatoms. The molecule has 1 atom stereocenters. The van der Waals surface area contributed by atoms with Crippen molar-refractivity contribution in [3.8, 4) is 11.4 Å². The average molecular weight is 460 g/mol. The monoisotopic (exact) mass is 459 g/mol. The first-order valence-electron chi connectivity index (χ1n) is 9.71. The van der Waals surface area contributed by atoms with Crippen LogP contribution in [0.3, 0.4) is 0 Å². The lowest BCUT2D eigenvalue weighted by atomic mass is 10.2. The molecule has 0 unspecified atom stereocenters. The number of amides is 2. The maximum atomic E-state index is 13.8. The molecule has 2 N–H and O–H groups in total. The fourth-order valence-electron chi connectivity index (χ4n) is 2.91. The van der Waals surface area contributed by atoms with Crippen molar-refractivity contribution in [3.63, 3.8) is 0 Å². The highest BCUT2D eigenvalue weighted by Crippen LogP contribution is 2.40. The van der Waals surface area contributed by atoms with Crippen LogP contribution < -0.4 is 10.6 Å². The van der Waals surface area contributed by atoms with E-state index in [1.54, 1.807) is 38.2 Å². The summed E-state index contributed by atoms with van der Waals surface area (Å²) in [6.07, 6.45) is 1.97. The zero-order valence-corrected chi connectivity index (χ0v) is 17.9. The summed E-state index contributed by atoms with van der Waals surface area (Å²) < 4.78 is 20.6.